The highest BCUT2D eigenvalue weighted by molar-refractivity contribution is 5.84. The highest BCUT2D eigenvalue weighted by Crippen LogP contribution is 2.38. The van der Waals surface area contributed by atoms with Crippen LogP contribution >= 0.6 is 0 Å². The summed E-state index contributed by atoms with van der Waals surface area (Å²) in [6, 6.07) is 19.9. The van der Waals surface area contributed by atoms with E-state index in [0.717, 1.165) is 22.4 Å². The van der Waals surface area contributed by atoms with E-state index in [1.807, 2.05) is 72.3 Å². The molecule has 100 valence electrons. The summed E-state index contributed by atoms with van der Waals surface area (Å²) < 4.78 is 1.84. The fraction of sp³-hybridized carbons (Fsp3) is 0.118. The van der Waals surface area contributed by atoms with E-state index in [-0.39, 0.29) is 5.88 Å². The summed E-state index contributed by atoms with van der Waals surface area (Å²) in [4.78, 5) is 0. The molecular formula is C17H16N2O. The Bertz CT molecular complexity index is 703. The molecule has 0 aliphatic heterocycles. The fourth-order valence-corrected chi connectivity index (χ4v) is 2.44. The van der Waals surface area contributed by atoms with E-state index in [0.29, 0.717) is 6.54 Å². The van der Waals surface area contributed by atoms with Crippen molar-refractivity contribution in [3.05, 3.63) is 60.7 Å². The van der Waals surface area contributed by atoms with Gasteiger partial charge in [-0.05, 0) is 12.5 Å². The zero-order valence-electron chi connectivity index (χ0n) is 11.3. The van der Waals surface area contributed by atoms with Gasteiger partial charge in [-0.15, -0.1) is 5.10 Å². The molecule has 0 bridgehead atoms. The second kappa shape index (κ2) is 5.21. The van der Waals surface area contributed by atoms with Gasteiger partial charge in [0.2, 0.25) is 5.88 Å². The van der Waals surface area contributed by atoms with Gasteiger partial charge >= 0.3 is 0 Å². The van der Waals surface area contributed by atoms with Crippen molar-refractivity contribution in [2.24, 2.45) is 0 Å². The molecule has 0 fully saturated rings. The quantitative estimate of drug-likeness (QED) is 0.778. The molecule has 1 heterocycles. The first-order valence-electron chi connectivity index (χ1n) is 6.72. The van der Waals surface area contributed by atoms with Gasteiger partial charge in [0.15, 0.2) is 0 Å². The number of hydrogen-bond acceptors (Lipinski definition) is 2. The second-order valence-electron chi connectivity index (χ2n) is 4.60. The van der Waals surface area contributed by atoms with Gasteiger partial charge in [0.25, 0.3) is 0 Å². The Morgan fingerprint density at radius 1 is 0.900 bits per heavy atom. The third kappa shape index (κ3) is 2.07. The van der Waals surface area contributed by atoms with Gasteiger partial charge in [0, 0.05) is 12.1 Å². The normalized spacial score (nSPS) is 10.7. The van der Waals surface area contributed by atoms with Crippen molar-refractivity contribution in [1.82, 2.24) is 9.78 Å². The van der Waals surface area contributed by atoms with Crippen LogP contribution in [-0.2, 0) is 6.54 Å². The number of benzene rings is 2. The lowest BCUT2D eigenvalue weighted by Gasteiger charge is -2.08. The molecule has 20 heavy (non-hydrogen) atoms. The highest BCUT2D eigenvalue weighted by atomic mass is 16.3. The largest absolute Gasteiger partial charge is 0.492 e. The minimum Gasteiger partial charge on any atom is -0.492 e. The SMILES string of the molecule is CCn1nc(O)c(-c2ccccc2)c1-c1ccccc1. The molecule has 2 aromatic carbocycles. The Hall–Kier alpha value is -2.55. The van der Waals surface area contributed by atoms with Crippen molar-refractivity contribution in [2.45, 2.75) is 13.5 Å². The molecule has 0 aliphatic rings. The molecule has 3 nitrogen and oxygen atoms in total. The van der Waals surface area contributed by atoms with E-state index < -0.39 is 0 Å². The van der Waals surface area contributed by atoms with E-state index in [4.69, 9.17) is 0 Å². The molecule has 0 atom stereocenters. The molecule has 0 radical (unpaired) electrons. The lowest BCUT2D eigenvalue weighted by Crippen LogP contribution is -1.99. The Morgan fingerprint density at radius 2 is 1.45 bits per heavy atom. The number of nitrogens with zero attached hydrogens (tertiary/aromatic N) is 2. The average Bonchev–Trinajstić information content (AvgIpc) is 2.85. The van der Waals surface area contributed by atoms with Crippen LogP contribution in [0.3, 0.4) is 0 Å². The predicted octanol–water partition coefficient (Wildman–Crippen LogP) is 3.94. The summed E-state index contributed by atoms with van der Waals surface area (Å²) in [6.07, 6.45) is 0. The molecule has 1 N–H and O–H groups in total. The van der Waals surface area contributed by atoms with Crippen molar-refractivity contribution in [2.75, 3.05) is 0 Å². The molecule has 3 rings (SSSR count). The first-order valence-corrected chi connectivity index (χ1v) is 6.72. The summed E-state index contributed by atoms with van der Waals surface area (Å²) in [7, 11) is 0. The van der Waals surface area contributed by atoms with Crippen molar-refractivity contribution < 1.29 is 5.11 Å². The van der Waals surface area contributed by atoms with E-state index in [1.165, 1.54) is 0 Å². The topological polar surface area (TPSA) is 38.0 Å². The lowest BCUT2D eigenvalue weighted by atomic mass is 10.0. The van der Waals surface area contributed by atoms with E-state index in [2.05, 4.69) is 5.10 Å². The summed E-state index contributed by atoms with van der Waals surface area (Å²) in [5.41, 5.74) is 3.78. The molecule has 3 heteroatoms. The van der Waals surface area contributed by atoms with Gasteiger partial charge in [-0.25, -0.2) is 0 Å². The van der Waals surface area contributed by atoms with Gasteiger partial charge in [-0.1, -0.05) is 60.7 Å². The Morgan fingerprint density at radius 3 is 2.00 bits per heavy atom. The number of hydrogen-bond donors (Lipinski definition) is 1. The number of aromatic nitrogens is 2. The summed E-state index contributed by atoms with van der Waals surface area (Å²) in [5, 5.41) is 14.5. The summed E-state index contributed by atoms with van der Waals surface area (Å²) in [5.74, 6) is 0.0805. The van der Waals surface area contributed by atoms with Crippen LogP contribution in [0, 0.1) is 0 Å². The minimum atomic E-state index is 0.0805. The first kappa shape index (κ1) is 12.5. The standard InChI is InChI=1S/C17H16N2O/c1-2-19-16(14-11-7-4-8-12-14)15(17(20)18-19)13-9-5-3-6-10-13/h3-12H,2H2,1H3,(H,18,20). The van der Waals surface area contributed by atoms with Crippen LogP contribution in [0.4, 0.5) is 0 Å². The van der Waals surface area contributed by atoms with E-state index >= 15 is 0 Å². The summed E-state index contributed by atoms with van der Waals surface area (Å²) in [6.45, 7) is 2.73. The maximum absolute atomic E-state index is 10.2. The fourth-order valence-electron chi connectivity index (χ4n) is 2.44. The highest BCUT2D eigenvalue weighted by Gasteiger charge is 2.19. The van der Waals surface area contributed by atoms with E-state index in [9.17, 15) is 5.11 Å². The van der Waals surface area contributed by atoms with Crippen molar-refractivity contribution >= 4 is 0 Å². The molecule has 1 aromatic heterocycles. The number of aromatic hydroxyl groups is 1. The van der Waals surface area contributed by atoms with Crippen LogP contribution in [0.2, 0.25) is 0 Å². The second-order valence-corrected chi connectivity index (χ2v) is 4.60. The number of aryl methyl sites for hydroxylation is 1. The molecule has 0 saturated heterocycles. The Kier molecular flexibility index (Phi) is 3.25. The van der Waals surface area contributed by atoms with Gasteiger partial charge in [-0.2, -0.15) is 0 Å². The smallest absolute Gasteiger partial charge is 0.238 e. The van der Waals surface area contributed by atoms with Crippen molar-refractivity contribution in [1.29, 1.82) is 0 Å². The van der Waals surface area contributed by atoms with Crippen LogP contribution in [0.5, 0.6) is 5.88 Å². The molecule has 0 amide bonds. The maximum atomic E-state index is 10.2. The average molecular weight is 264 g/mol. The third-order valence-electron chi connectivity index (χ3n) is 3.34. The van der Waals surface area contributed by atoms with E-state index in [1.54, 1.807) is 0 Å². The Labute approximate surface area is 118 Å². The van der Waals surface area contributed by atoms with Crippen LogP contribution in [-0.4, -0.2) is 14.9 Å². The van der Waals surface area contributed by atoms with Crippen molar-refractivity contribution in [3.8, 4) is 28.3 Å². The minimum absolute atomic E-state index is 0.0805. The van der Waals surface area contributed by atoms with Gasteiger partial charge in [0.05, 0.1) is 11.3 Å². The van der Waals surface area contributed by atoms with Crippen molar-refractivity contribution in [3.63, 3.8) is 0 Å². The molecule has 0 saturated carbocycles. The lowest BCUT2D eigenvalue weighted by molar-refractivity contribution is 0.441. The summed E-state index contributed by atoms with van der Waals surface area (Å²) >= 11 is 0. The van der Waals surface area contributed by atoms with Crippen LogP contribution in [0.25, 0.3) is 22.4 Å². The molecule has 3 aromatic rings. The van der Waals surface area contributed by atoms with Crippen LogP contribution in [0.1, 0.15) is 6.92 Å². The number of rotatable bonds is 3. The zero-order valence-corrected chi connectivity index (χ0v) is 11.3. The Balaban J connectivity index is 2.27. The van der Waals surface area contributed by atoms with Gasteiger partial charge in [0.1, 0.15) is 0 Å². The van der Waals surface area contributed by atoms with Crippen LogP contribution in [0.15, 0.2) is 60.7 Å². The molecule has 0 spiro atoms. The molecule has 0 unspecified atom stereocenters. The first-order chi connectivity index (χ1) is 9.81. The monoisotopic (exact) mass is 264 g/mol. The predicted molar refractivity (Wildman–Crippen MR) is 80.4 cm³/mol. The maximum Gasteiger partial charge on any atom is 0.238 e. The third-order valence-corrected chi connectivity index (χ3v) is 3.34. The molecule has 0 aliphatic carbocycles. The van der Waals surface area contributed by atoms with Crippen LogP contribution < -0.4 is 0 Å². The molecular weight excluding hydrogens is 248 g/mol. The zero-order chi connectivity index (χ0) is 13.9. The van der Waals surface area contributed by atoms with Gasteiger partial charge in [-0.3, -0.25) is 4.68 Å². The van der Waals surface area contributed by atoms with Gasteiger partial charge < -0.3 is 5.11 Å².